The van der Waals surface area contributed by atoms with Crippen LogP contribution in [0.1, 0.15) is 6.92 Å². The third kappa shape index (κ3) is 1.82. The maximum Gasteiger partial charge on any atom is 0.418 e. The van der Waals surface area contributed by atoms with Crippen LogP contribution in [0.25, 0.3) is 0 Å². The summed E-state index contributed by atoms with van der Waals surface area (Å²) in [6.45, 7) is 0.0938. The Bertz CT molecular complexity index is 95.2. The second-order valence-corrected chi connectivity index (χ2v) is 1.61. The Kier molecular flexibility index (Phi) is 2.06. The molecule has 0 unspecified atom stereocenters. The Labute approximate surface area is 49.6 Å². The van der Waals surface area contributed by atoms with Gasteiger partial charge in [-0.05, 0) is 0 Å². The number of methoxy groups -OCH3 is 1. The van der Waals surface area contributed by atoms with Gasteiger partial charge < -0.3 is 4.74 Å². The van der Waals surface area contributed by atoms with Crippen molar-refractivity contribution < 1.29 is 22.3 Å². The number of rotatable bonds is 2. The molecule has 0 aliphatic carbocycles. The van der Waals surface area contributed by atoms with E-state index in [1.807, 2.05) is 0 Å². The normalized spacial score (nSPS) is 14.0. The highest BCUT2D eigenvalue weighted by molar-refractivity contribution is 4.69. The van der Waals surface area contributed by atoms with Crippen molar-refractivity contribution in [2.24, 2.45) is 0 Å². The van der Waals surface area contributed by atoms with Crippen LogP contribution in [0.3, 0.4) is 0 Å². The Morgan fingerprint density at radius 3 is 1.44 bits per heavy atom. The lowest BCUT2D eigenvalue weighted by Gasteiger charge is -2.20. The molecule has 0 atom stereocenters. The number of ether oxygens (including phenoxy) is 1. The topological polar surface area (TPSA) is 9.23 Å². The van der Waals surface area contributed by atoms with Gasteiger partial charge in [-0.15, -0.1) is 0 Å². The van der Waals surface area contributed by atoms with Gasteiger partial charge in [-0.3, -0.25) is 0 Å². The predicted molar refractivity (Wildman–Crippen MR) is 22.6 cm³/mol. The van der Waals surface area contributed by atoms with Crippen molar-refractivity contribution in [3.05, 3.63) is 0 Å². The Hall–Kier alpha value is -0.320. The molecule has 0 saturated heterocycles. The summed E-state index contributed by atoms with van der Waals surface area (Å²) < 4.78 is 49.8. The monoisotopic (exact) mass is 146 g/mol. The first-order valence-electron chi connectivity index (χ1n) is 2.12. The summed E-state index contributed by atoms with van der Waals surface area (Å²) in [5.74, 6) is -4.11. The van der Waals surface area contributed by atoms with Crippen LogP contribution in [-0.4, -0.2) is 19.1 Å². The minimum Gasteiger partial charge on any atom is -0.319 e. The van der Waals surface area contributed by atoms with Gasteiger partial charge in [-0.25, -0.2) is 0 Å². The van der Waals surface area contributed by atoms with Gasteiger partial charge >= 0.3 is 12.0 Å². The summed E-state index contributed by atoms with van der Waals surface area (Å²) in [6, 6.07) is 0. The van der Waals surface area contributed by atoms with Crippen molar-refractivity contribution in [2.45, 2.75) is 19.0 Å². The van der Waals surface area contributed by atoms with Gasteiger partial charge in [0.1, 0.15) is 0 Å². The SMILES string of the molecule is COC(F)(F)C(C)(F)F. The Morgan fingerprint density at radius 1 is 1.11 bits per heavy atom. The number of alkyl halides is 4. The van der Waals surface area contributed by atoms with E-state index in [-0.39, 0.29) is 6.92 Å². The molecule has 0 N–H and O–H groups in total. The van der Waals surface area contributed by atoms with Crippen LogP contribution in [0.4, 0.5) is 17.6 Å². The second kappa shape index (κ2) is 2.13. The molecule has 0 saturated carbocycles. The molecule has 0 fully saturated rings. The van der Waals surface area contributed by atoms with E-state index < -0.39 is 12.0 Å². The lowest BCUT2D eigenvalue weighted by Crippen LogP contribution is -2.39. The zero-order chi connectivity index (χ0) is 7.71. The van der Waals surface area contributed by atoms with Crippen LogP contribution < -0.4 is 0 Å². The molecule has 0 aliphatic rings. The lowest BCUT2D eigenvalue weighted by atomic mass is 10.4. The minimum atomic E-state index is -4.35. The van der Waals surface area contributed by atoms with Crippen LogP contribution in [0.5, 0.6) is 0 Å². The molecule has 5 heteroatoms. The van der Waals surface area contributed by atoms with Crippen molar-refractivity contribution in [3.63, 3.8) is 0 Å². The molecule has 0 amide bonds. The second-order valence-electron chi connectivity index (χ2n) is 1.61. The number of hydrogen-bond acceptors (Lipinski definition) is 1. The molecule has 56 valence electrons. The summed E-state index contributed by atoms with van der Waals surface area (Å²) in [4.78, 5) is 0. The molecule has 0 heterocycles. The maximum atomic E-state index is 11.7. The quantitative estimate of drug-likeness (QED) is 0.540. The van der Waals surface area contributed by atoms with E-state index in [1.165, 1.54) is 0 Å². The first-order valence-corrected chi connectivity index (χ1v) is 2.12. The molecule has 0 rings (SSSR count). The van der Waals surface area contributed by atoms with E-state index in [0.717, 1.165) is 0 Å². The molecule has 0 aromatic carbocycles. The molecule has 0 radical (unpaired) electrons. The molecule has 9 heavy (non-hydrogen) atoms. The van der Waals surface area contributed by atoms with Gasteiger partial charge in [0.2, 0.25) is 0 Å². The summed E-state index contributed by atoms with van der Waals surface area (Å²) >= 11 is 0. The summed E-state index contributed by atoms with van der Waals surface area (Å²) in [5, 5.41) is 0. The average Bonchev–Trinajstić information content (AvgIpc) is 1.64. The van der Waals surface area contributed by atoms with Gasteiger partial charge in [0.05, 0.1) is 0 Å². The summed E-state index contributed by atoms with van der Waals surface area (Å²) in [6.07, 6.45) is -4.35. The molecule has 0 aromatic rings. The van der Waals surface area contributed by atoms with Crippen LogP contribution in [0.15, 0.2) is 0 Å². The number of hydrogen-bond donors (Lipinski definition) is 0. The molecule has 0 bridgehead atoms. The molecule has 0 spiro atoms. The van der Waals surface area contributed by atoms with Crippen LogP contribution in [0.2, 0.25) is 0 Å². The zero-order valence-corrected chi connectivity index (χ0v) is 4.92. The van der Waals surface area contributed by atoms with Crippen LogP contribution in [0, 0.1) is 0 Å². The molecule has 1 nitrogen and oxygen atoms in total. The Balaban J connectivity index is 4.14. The molecule has 0 aromatic heterocycles. The van der Waals surface area contributed by atoms with Gasteiger partial charge in [0.15, 0.2) is 0 Å². The van der Waals surface area contributed by atoms with Crippen molar-refractivity contribution in [3.8, 4) is 0 Å². The van der Waals surface area contributed by atoms with E-state index in [4.69, 9.17) is 0 Å². The third-order valence-electron chi connectivity index (χ3n) is 0.767. The Morgan fingerprint density at radius 2 is 1.44 bits per heavy atom. The largest absolute Gasteiger partial charge is 0.418 e. The summed E-state index contributed by atoms with van der Waals surface area (Å²) in [7, 11) is 0.525. The highest BCUT2D eigenvalue weighted by Crippen LogP contribution is 2.33. The van der Waals surface area contributed by atoms with E-state index in [1.54, 1.807) is 0 Å². The van der Waals surface area contributed by atoms with Gasteiger partial charge in [0, 0.05) is 14.0 Å². The van der Waals surface area contributed by atoms with Crippen molar-refractivity contribution in [2.75, 3.05) is 7.11 Å². The first-order chi connectivity index (χ1) is 3.81. The van der Waals surface area contributed by atoms with Gasteiger partial charge in [-0.1, -0.05) is 0 Å². The molecular weight excluding hydrogens is 140 g/mol. The molecule has 0 aliphatic heterocycles. The summed E-state index contributed by atoms with van der Waals surface area (Å²) in [5.41, 5.74) is 0. The fraction of sp³-hybridized carbons (Fsp3) is 1.00. The van der Waals surface area contributed by atoms with Crippen molar-refractivity contribution in [1.82, 2.24) is 0 Å². The highest BCUT2D eigenvalue weighted by Gasteiger charge is 2.52. The van der Waals surface area contributed by atoms with E-state index in [9.17, 15) is 17.6 Å². The smallest absolute Gasteiger partial charge is 0.319 e. The van der Waals surface area contributed by atoms with Gasteiger partial charge in [-0.2, -0.15) is 17.6 Å². The third-order valence-corrected chi connectivity index (χ3v) is 0.767. The molecular formula is C4H6F4O. The van der Waals surface area contributed by atoms with Crippen molar-refractivity contribution >= 4 is 0 Å². The van der Waals surface area contributed by atoms with Crippen LogP contribution >= 0.6 is 0 Å². The minimum absolute atomic E-state index is 0.0938. The highest BCUT2D eigenvalue weighted by atomic mass is 19.3. The van der Waals surface area contributed by atoms with E-state index in [0.29, 0.717) is 7.11 Å². The fourth-order valence-corrected chi connectivity index (χ4v) is 0.179. The predicted octanol–water partition coefficient (Wildman–Crippen LogP) is 1.88. The standard InChI is InChI=1S/C4H6F4O/c1-3(5,6)4(7,8)9-2/h1-2H3. The maximum absolute atomic E-state index is 11.7. The number of halogens is 4. The van der Waals surface area contributed by atoms with Crippen LogP contribution in [-0.2, 0) is 4.74 Å². The van der Waals surface area contributed by atoms with Gasteiger partial charge in [0.25, 0.3) is 0 Å². The average molecular weight is 146 g/mol. The fourth-order valence-electron chi connectivity index (χ4n) is 0.179. The zero-order valence-electron chi connectivity index (χ0n) is 4.92. The van der Waals surface area contributed by atoms with Crippen molar-refractivity contribution in [1.29, 1.82) is 0 Å². The van der Waals surface area contributed by atoms with E-state index >= 15 is 0 Å². The first kappa shape index (κ1) is 8.68. The lowest BCUT2D eigenvalue weighted by molar-refractivity contribution is -0.330. The van der Waals surface area contributed by atoms with E-state index in [2.05, 4.69) is 4.74 Å².